The van der Waals surface area contributed by atoms with Crippen molar-refractivity contribution in [1.82, 2.24) is 15.0 Å². The van der Waals surface area contributed by atoms with Crippen LogP contribution in [0.1, 0.15) is 0 Å². The highest BCUT2D eigenvalue weighted by Crippen LogP contribution is 2.40. The third kappa shape index (κ3) is 4.57. The SMILES string of the molecule is c1ccc(-c2nc(-c3cc4ccccc4cc3-c3ccc4ccccc4c3)nc(-c3cccc4c3ccc3c5ccccc5oc43)n2)cc1. The molecule has 10 rings (SSSR count). The Morgan fingerprint density at radius 3 is 1.73 bits per heavy atom. The molecule has 0 aliphatic rings. The Bertz CT molecular complexity index is 2890. The van der Waals surface area contributed by atoms with Gasteiger partial charge in [0, 0.05) is 32.8 Å². The zero-order valence-corrected chi connectivity index (χ0v) is 26.3. The van der Waals surface area contributed by atoms with Crippen molar-refractivity contribution in [2.24, 2.45) is 0 Å². The number of fused-ring (bicyclic) bond motifs is 7. The molecule has 0 radical (unpaired) electrons. The van der Waals surface area contributed by atoms with E-state index in [2.05, 4.69) is 127 Å². The van der Waals surface area contributed by atoms with Gasteiger partial charge in [-0.2, -0.15) is 0 Å². The maximum atomic E-state index is 6.43. The molecular formula is C45H27N3O. The standard InChI is InChI=1S/C45H27N3O/c1-2-12-29(13-3-1)43-46-44(38-19-10-18-36-34(38)23-24-37-35-17-8-9-20-41(35)49-42(36)37)48-45(47-43)40-27-32-16-7-6-15-31(32)26-39(40)33-22-21-28-11-4-5-14-30(28)25-33/h1-27H. The first-order valence-electron chi connectivity index (χ1n) is 16.4. The summed E-state index contributed by atoms with van der Waals surface area (Å²) >= 11 is 0. The molecule has 49 heavy (non-hydrogen) atoms. The Hall–Kier alpha value is -6.65. The summed E-state index contributed by atoms with van der Waals surface area (Å²) < 4.78 is 6.43. The molecule has 0 atom stereocenters. The van der Waals surface area contributed by atoms with E-state index in [1.165, 1.54) is 10.8 Å². The van der Waals surface area contributed by atoms with Crippen LogP contribution in [0.25, 0.3) is 99.5 Å². The lowest BCUT2D eigenvalue weighted by Crippen LogP contribution is -2.01. The molecule has 0 saturated carbocycles. The molecule has 0 aliphatic heterocycles. The molecule has 0 aliphatic carbocycles. The Morgan fingerprint density at radius 1 is 0.327 bits per heavy atom. The van der Waals surface area contributed by atoms with Gasteiger partial charge in [0.05, 0.1) is 0 Å². The van der Waals surface area contributed by atoms with Gasteiger partial charge in [-0.15, -0.1) is 0 Å². The van der Waals surface area contributed by atoms with E-state index >= 15 is 0 Å². The Labute approximate surface area is 282 Å². The van der Waals surface area contributed by atoms with Crippen LogP contribution >= 0.6 is 0 Å². The van der Waals surface area contributed by atoms with Gasteiger partial charge in [-0.25, -0.2) is 15.0 Å². The van der Waals surface area contributed by atoms with Crippen LogP contribution in [-0.2, 0) is 0 Å². The second-order valence-corrected chi connectivity index (χ2v) is 12.4. The average molecular weight is 626 g/mol. The van der Waals surface area contributed by atoms with Gasteiger partial charge in [0.25, 0.3) is 0 Å². The first-order chi connectivity index (χ1) is 24.3. The number of benzene rings is 8. The number of hydrogen-bond acceptors (Lipinski definition) is 4. The summed E-state index contributed by atoms with van der Waals surface area (Å²) in [5, 5.41) is 8.94. The van der Waals surface area contributed by atoms with E-state index in [4.69, 9.17) is 19.4 Å². The summed E-state index contributed by atoms with van der Waals surface area (Å²) in [5.74, 6) is 1.86. The molecule has 10 aromatic rings. The summed E-state index contributed by atoms with van der Waals surface area (Å²) in [5.41, 5.74) is 6.74. The highest BCUT2D eigenvalue weighted by Gasteiger charge is 2.19. The van der Waals surface area contributed by atoms with Crippen LogP contribution in [0, 0.1) is 0 Å². The van der Waals surface area contributed by atoms with Gasteiger partial charge >= 0.3 is 0 Å². The number of hydrogen-bond donors (Lipinski definition) is 0. The molecule has 4 nitrogen and oxygen atoms in total. The third-order valence-electron chi connectivity index (χ3n) is 9.50. The van der Waals surface area contributed by atoms with E-state index < -0.39 is 0 Å². The maximum Gasteiger partial charge on any atom is 0.164 e. The fraction of sp³-hybridized carbons (Fsp3) is 0. The van der Waals surface area contributed by atoms with Crippen LogP contribution in [0.4, 0.5) is 0 Å². The van der Waals surface area contributed by atoms with Crippen molar-refractivity contribution in [2.75, 3.05) is 0 Å². The topological polar surface area (TPSA) is 51.8 Å². The molecular weight excluding hydrogens is 599 g/mol. The van der Waals surface area contributed by atoms with Crippen molar-refractivity contribution in [3.63, 3.8) is 0 Å². The van der Waals surface area contributed by atoms with E-state index in [9.17, 15) is 0 Å². The molecule has 0 amide bonds. The van der Waals surface area contributed by atoms with Crippen LogP contribution in [0.5, 0.6) is 0 Å². The smallest absolute Gasteiger partial charge is 0.164 e. The van der Waals surface area contributed by atoms with Crippen molar-refractivity contribution in [1.29, 1.82) is 0 Å². The fourth-order valence-corrected chi connectivity index (χ4v) is 7.09. The highest BCUT2D eigenvalue weighted by atomic mass is 16.3. The number of aromatic nitrogens is 3. The first kappa shape index (κ1) is 27.5. The largest absolute Gasteiger partial charge is 0.455 e. The van der Waals surface area contributed by atoms with Gasteiger partial charge in [-0.3, -0.25) is 0 Å². The molecule has 0 spiro atoms. The lowest BCUT2D eigenvalue weighted by atomic mass is 9.93. The molecule has 0 unspecified atom stereocenters. The van der Waals surface area contributed by atoms with Gasteiger partial charge in [-0.05, 0) is 68.4 Å². The van der Waals surface area contributed by atoms with Gasteiger partial charge < -0.3 is 4.42 Å². The predicted octanol–water partition coefficient (Wildman–Crippen LogP) is 11.9. The van der Waals surface area contributed by atoms with Crippen LogP contribution in [0.3, 0.4) is 0 Å². The van der Waals surface area contributed by atoms with E-state index in [-0.39, 0.29) is 0 Å². The molecule has 0 saturated heterocycles. The van der Waals surface area contributed by atoms with Crippen LogP contribution in [0.2, 0.25) is 0 Å². The minimum Gasteiger partial charge on any atom is -0.455 e. The molecule has 0 fully saturated rings. The first-order valence-corrected chi connectivity index (χ1v) is 16.4. The van der Waals surface area contributed by atoms with E-state index in [0.717, 1.165) is 71.3 Å². The number of para-hydroxylation sites is 1. The Morgan fingerprint density at radius 2 is 0.918 bits per heavy atom. The lowest BCUT2D eigenvalue weighted by molar-refractivity contribution is 0.672. The van der Waals surface area contributed by atoms with E-state index in [1.807, 2.05) is 36.4 Å². The number of furan rings is 1. The maximum absolute atomic E-state index is 6.43. The normalized spacial score (nSPS) is 11.7. The molecule has 8 aromatic carbocycles. The molecule has 228 valence electrons. The van der Waals surface area contributed by atoms with Crippen LogP contribution in [0.15, 0.2) is 168 Å². The van der Waals surface area contributed by atoms with Crippen LogP contribution < -0.4 is 0 Å². The number of rotatable bonds is 4. The quantitative estimate of drug-likeness (QED) is 0.195. The average Bonchev–Trinajstić information content (AvgIpc) is 3.56. The van der Waals surface area contributed by atoms with Crippen molar-refractivity contribution in [3.05, 3.63) is 164 Å². The lowest BCUT2D eigenvalue weighted by Gasteiger charge is -2.15. The second-order valence-electron chi connectivity index (χ2n) is 12.4. The van der Waals surface area contributed by atoms with Crippen molar-refractivity contribution < 1.29 is 4.42 Å². The minimum absolute atomic E-state index is 0.613. The van der Waals surface area contributed by atoms with E-state index in [1.54, 1.807) is 0 Å². The molecule has 0 N–H and O–H groups in total. The summed E-state index contributed by atoms with van der Waals surface area (Å²) in [6.45, 7) is 0. The minimum atomic E-state index is 0.613. The summed E-state index contributed by atoms with van der Waals surface area (Å²) in [4.78, 5) is 15.6. The van der Waals surface area contributed by atoms with Crippen molar-refractivity contribution in [3.8, 4) is 45.3 Å². The zero-order chi connectivity index (χ0) is 32.3. The van der Waals surface area contributed by atoms with Gasteiger partial charge in [0.2, 0.25) is 0 Å². The summed E-state index contributed by atoms with van der Waals surface area (Å²) in [6.07, 6.45) is 0. The van der Waals surface area contributed by atoms with Gasteiger partial charge in [-0.1, -0.05) is 133 Å². The predicted molar refractivity (Wildman–Crippen MR) is 201 cm³/mol. The number of nitrogens with zero attached hydrogens (tertiary/aromatic N) is 3. The molecule has 0 bridgehead atoms. The molecule has 2 aromatic heterocycles. The Kier molecular flexibility index (Phi) is 6.15. The van der Waals surface area contributed by atoms with Crippen molar-refractivity contribution in [2.45, 2.75) is 0 Å². The fourth-order valence-electron chi connectivity index (χ4n) is 7.09. The van der Waals surface area contributed by atoms with E-state index in [0.29, 0.717) is 17.5 Å². The van der Waals surface area contributed by atoms with Gasteiger partial charge in [0.15, 0.2) is 17.5 Å². The summed E-state index contributed by atoms with van der Waals surface area (Å²) in [7, 11) is 0. The molecule has 4 heteroatoms. The summed E-state index contributed by atoms with van der Waals surface area (Å²) in [6, 6.07) is 57.0. The van der Waals surface area contributed by atoms with Crippen molar-refractivity contribution >= 4 is 54.3 Å². The highest BCUT2D eigenvalue weighted by molar-refractivity contribution is 6.17. The van der Waals surface area contributed by atoms with Crippen LogP contribution in [-0.4, -0.2) is 15.0 Å². The third-order valence-corrected chi connectivity index (χ3v) is 9.50. The zero-order valence-electron chi connectivity index (χ0n) is 26.3. The Balaban J connectivity index is 1.25. The molecule has 2 heterocycles. The van der Waals surface area contributed by atoms with Gasteiger partial charge in [0.1, 0.15) is 11.2 Å². The monoisotopic (exact) mass is 625 g/mol. The second kappa shape index (κ2) is 11.0.